The van der Waals surface area contributed by atoms with Crippen LogP contribution in [0.5, 0.6) is 0 Å². The smallest absolute Gasteiger partial charge is 0.0694 e. The Morgan fingerprint density at radius 3 is 2.79 bits per heavy atom. The molecule has 0 amide bonds. The molecule has 0 bridgehead atoms. The molecule has 3 heteroatoms. The summed E-state index contributed by atoms with van der Waals surface area (Å²) in [6, 6.07) is 0.707. The number of hydrogen-bond acceptors (Lipinski definition) is 2. The summed E-state index contributed by atoms with van der Waals surface area (Å²) < 4.78 is 1.95. The molecule has 0 spiro atoms. The van der Waals surface area contributed by atoms with Crippen LogP contribution < -0.4 is 5.32 Å². The lowest BCUT2D eigenvalue weighted by atomic mass is 9.83. The minimum absolute atomic E-state index is 0.506. The summed E-state index contributed by atoms with van der Waals surface area (Å²) in [7, 11) is 2.02. The highest BCUT2D eigenvalue weighted by molar-refractivity contribution is 5.20. The molecular formula is C16H29N3. The zero-order chi connectivity index (χ0) is 13.8. The largest absolute Gasteiger partial charge is 0.310 e. The van der Waals surface area contributed by atoms with Crippen LogP contribution in [0.2, 0.25) is 0 Å². The Balaban J connectivity index is 1.97. The summed E-state index contributed by atoms with van der Waals surface area (Å²) in [4.78, 5) is 0. The van der Waals surface area contributed by atoms with Crippen molar-refractivity contribution >= 4 is 0 Å². The molecule has 1 aliphatic carbocycles. The van der Waals surface area contributed by atoms with E-state index >= 15 is 0 Å². The fourth-order valence-corrected chi connectivity index (χ4v) is 3.38. The lowest BCUT2D eigenvalue weighted by Gasteiger charge is -2.31. The minimum Gasteiger partial charge on any atom is -0.310 e. The Labute approximate surface area is 117 Å². The Kier molecular flexibility index (Phi) is 5.03. The fourth-order valence-electron chi connectivity index (χ4n) is 3.38. The van der Waals surface area contributed by atoms with E-state index in [1.807, 2.05) is 11.7 Å². The number of nitrogens with one attached hydrogen (secondary N) is 1. The third-order valence-corrected chi connectivity index (χ3v) is 4.47. The first-order valence-electron chi connectivity index (χ1n) is 7.87. The van der Waals surface area contributed by atoms with E-state index in [0.717, 1.165) is 12.5 Å². The van der Waals surface area contributed by atoms with Crippen LogP contribution >= 0.6 is 0 Å². The number of nitrogens with zero attached hydrogens (tertiary/aromatic N) is 2. The third-order valence-electron chi connectivity index (χ3n) is 4.47. The summed E-state index contributed by atoms with van der Waals surface area (Å²) in [5.74, 6) is 1.37. The second-order valence-corrected chi connectivity index (χ2v) is 6.31. The van der Waals surface area contributed by atoms with Crippen LogP contribution in [-0.4, -0.2) is 15.8 Å². The van der Waals surface area contributed by atoms with Gasteiger partial charge in [0.05, 0.1) is 5.69 Å². The van der Waals surface area contributed by atoms with Crippen molar-refractivity contribution in [2.45, 2.75) is 71.4 Å². The molecule has 3 nitrogen and oxygen atoms in total. The van der Waals surface area contributed by atoms with Gasteiger partial charge < -0.3 is 5.32 Å². The van der Waals surface area contributed by atoms with Crippen LogP contribution in [0, 0.1) is 5.92 Å². The summed E-state index contributed by atoms with van der Waals surface area (Å²) in [5, 5.41) is 8.38. The van der Waals surface area contributed by atoms with Gasteiger partial charge in [0.2, 0.25) is 0 Å². The second kappa shape index (κ2) is 6.56. The molecule has 2 atom stereocenters. The van der Waals surface area contributed by atoms with Crippen molar-refractivity contribution in [3.05, 3.63) is 17.5 Å². The molecule has 0 saturated heterocycles. The van der Waals surface area contributed by atoms with Gasteiger partial charge in [0.25, 0.3) is 0 Å². The number of hydrogen-bond donors (Lipinski definition) is 1. The Bertz CT molecular complexity index is 395. The van der Waals surface area contributed by atoms with Crippen LogP contribution in [0.25, 0.3) is 0 Å². The van der Waals surface area contributed by atoms with Crippen LogP contribution in [-0.2, 0) is 13.6 Å². The summed E-state index contributed by atoms with van der Waals surface area (Å²) >= 11 is 0. The SMILES string of the molecule is CCC1CCCCC1NCc1cn(C)nc1C(C)C. The van der Waals surface area contributed by atoms with E-state index in [-0.39, 0.29) is 0 Å². The summed E-state index contributed by atoms with van der Waals surface area (Å²) in [6.45, 7) is 7.75. The normalized spacial score (nSPS) is 24.1. The number of rotatable bonds is 5. The Hall–Kier alpha value is -0.830. The molecule has 19 heavy (non-hydrogen) atoms. The van der Waals surface area contributed by atoms with Gasteiger partial charge in [-0.3, -0.25) is 4.68 Å². The van der Waals surface area contributed by atoms with E-state index in [9.17, 15) is 0 Å². The maximum absolute atomic E-state index is 4.59. The molecule has 1 heterocycles. The van der Waals surface area contributed by atoms with Crippen LogP contribution in [0.1, 0.15) is 70.1 Å². The minimum atomic E-state index is 0.506. The van der Waals surface area contributed by atoms with Crippen molar-refractivity contribution < 1.29 is 0 Å². The van der Waals surface area contributed by atoms with Gasteiger partial charge in [-0.2, -0.15) is 5.10 Å². The molecule has 2 rings (SSSR count). The monoisotopic (exact) mass is 263 g/mol. The number of aromatic nitrogens is 2. The molecule has 0 aliphatic heterocycles. The van der Waals surface area contributed by atoms with E-state index in [2.05, 4.69) is 37.4 Å². The number of aryl methyl sites for hydroxylation is 1. The Morgan fingerprint density at radius 2 is 2.11 bits per heavy atom. The highest BCUT2D eigenvalue weighted by Gasteiger charge is 2.23. The van der Waals surface area contributed by atoms with Gasteiger partial charge in [-0.05, 0) is 24.7 Å². The highest BCUT2D eigenvalue weighted by atomic mass is 15.3. The first-order chi connectivity index (χ1) is 9.11. The van der Waals surface area contributed by atoms with Gasteiger partial charge in [-0.1, -0.05) is 40.0 Å². The van der Waals surface area contributed by atoms with Gasteiger partial charge in [0, 0.05) is 31.4 Å². The van der Waals surface area contributed by atoms with E-state index in [0.29, 0.717) is 12.0 Å². The maximum Gasteiger partial charge on any atom is 0.0694 e. The quantitative estimate of drug-likeness (QED) is 0.879. The van der Waals surface area contributed by atoms with E-state index < -0.39 is 0 Å². The van der Waals surface area contributed by atoms with E-state index in [4.69, 9.17) is 0 Å². The van der Waals surface area contributed by atoms with E-state index in [1.54, 1.807) is 0 Å². The summed E-state index contributed by atoms with van der Waals surface area (Å²) in [6.07, 6.45) is 9.03. The van der Waals surface area contributed by atoms with Crippen molar-refractivity contribution in [2.24, 2.45) is 13.0 Å². The van der Waals surface area contributed by atoms with Crippen LogP contribution in [0.4, 0.5) is 0 Å². The van der Waals surface area contributed by atoms with Crippen molar-refractivity contribution in [3.8, 4) is 0 Å². The van der Waals surface area contributed by atoms with Gasteiger partial charge in [-0.15, -0.1) is 0 Å². The van der Waals surface area contributed by atoms with Crippen molar-refractivity contribution in [1.29, 1.82) is 0 Å². The summed E-state index contributed by atoms with van der Waals surface area (Å²) in [5.41, 5.74) is 2.62. The molecule has 0 radical (unpaired) electrons. The zero-order valence-corrected chi connectivity index (χ0v) is 12.9. The topological polar surface area (TPSA) is 29.9 Å². The molecule has 108 valence electrons. The van der Waals surface area contributed by atoms with Gasteiger partial charge in [0.15, 0.2) is 0 Å². The van der Waals surface area contributed by atoms with E-state index in [1.165, 1.54) is 43.4 Å². The predicted octanol–water partition coefficient (Wildman–Crippen LogP) is 3.60. The zero-order valence-electron chi connectivity index (χ0n) is 12.9. The fraction of sp³-hybridized carbons (Fsp3) is 0.812. The van der Waals surface area contributed by atoms with Gasteiger partial charge >= 0.3 is 0 Å². The molecule has 1 aromatic rings. The molecular weight excluding hydrogens is 234 g/mol. The van der Waals surface area contributed by atoms with Gasteiger partial charge in [-0.25, -0.2) is 0 Å². The molecule has 1 aliphatic rings. The van der Waals surface area contributed by atoms with Crippen LogP contribution in [0.15, 0.2) is 6.20 Å². The Morgan fingerprint density at radius 1 is 1.37 bits per heavy atom. The second-order valence-electron chi connectivity index (χ2n) is 6.31. The standard InChI is InChI=1S/C16H29N3/c1-5-13-8-6-7-9-15(13)17-10-14-11-19(4)18-16(14)12(2)3/h11-13,15,17H,5-10H2,1-4H3. The molecule has 0 aromatic carbocycles. The first kappa shape index (κ1) is 14.6. The average Bonchev–Trinajstić information content (AvgIpc) is 2.78. The molecule has 1 N–H and O–H groups in total. The maximum atomic E-state index is 4.59. The average molecular weight is 263 g/mol. The van der Waals surface area contributed by atoms with Gasteiger partial charge in [0.1, 0.15) is 0 Å². The van der Waals surface area contributed by atoms with Crippen LogP contribution in [0.3, 0.4) is 0 Å². The first-order valence-corrected chi connectivity index (χ1v) is 7.87. The third kappa shape index (κ3) is 3.59. The highest BCUT2D eigenvalue weighted by Crippen LogP contribution is 2.27. The molecule has 1 fully saturated rings. The molecule has 2 unspecified atom stereocenters. The lowest BCUT2D eigenvalue weighted by Crippen LogP contribution is -2.37. The van der Waals surface area contributed by atoms with Crippen molar-refractivity contribution in [2.75, 3.05) is 0 Å². The molecule has 1 saturated carbocycles. The van der Waals surface area contributed by atoms with Crippen molar-refractivity contribution in [1.82, 2.24) is 15.1 Å². The van der Waals surface area contributed by atoms with Crippen molar-refractivity contribution in [3.63, 3.8) is 0 Å². The predicted molar refractivity (Wildman–Crippen MR) is 80.2 cm³/mol. The molecule has 1 aromatic heterocycles. The lowest BCUT2D eigenvalue weighted by molar-refractivity contribution is 0.254.